The van der Waals surface area contributed by atoms with Gasteiger partial charge in [0.2, 0.25) is 0 Å². The maximum atomic E-state index is 5.53. The number of alkyl halides is 1. The maximum absolute atomic E-state index is 5.53. The van der Waals surface area contributed by atoms with Gasteiger partial charge in [0.15, 0.2) is 0 Å². The van der Waals surface area contributed by atoms with Gasteiger partial charge in [-0.15, -0.1) is 0 Å². The third kappa shape index (κ3) is 3.29. The second-order valence-corrected chi connectivity index (χ2v) is 5.72. The van der Waals surface area contributed by atoms with Crippen molar-refractivity contribution in [2.24, 2.45) is 3.95 Å². The number of hydrogen-bond acceptors (Lipinski definition) is 1. The van der Waals surface area contributed by atoms with Crippen molar-refractivity contribution in [2.75, 3.05) is 0 Å². The summed E-state index contributed by atoms with van der Waals surface area (Å²) in [6.45, 7) is 6.63. The molecule has 0 radical (unpaired) electrons. The molecular weight excluding hydrogens is 201 g/mol. The topological polar surface area (TPSA) is 26.0 Å². The van der Waals surface area contributed by atoms with E-state index in [0.717, 1.165) is 0 Å². The second-order valence-electron chi connectivity index (χ2n) is 2.18. The van der Waals surface area contributed by atoms with Crippen LogP contribution in [0.5, 0.6) is 0 Å². The van der Waals surface area contributed by atoms with Gasteiger partial charge in [-0.3, -0.25) is 0 Å². The van der Waals surface area contributed by atoms with Crippen LogP contribution in [-0.2, 0) is 0 Å². The minimum absolute atomic E-state index is 0.0390. The molecule has 0 spiro atoms. The molecule has 0 saturated heterocycles. The fraction of sp³-hybridized carbons (Fsp3) is 1.00. The fourth-order valence-corrected chi connectivity index (χ4v) is 0.518. The molecule has 0 heterocycles. The molecule has 1 nitrogen and oxygen atoms in total. The average Bonchev–Trinajstić information content (AvgIpc) is 1.68. The van der Waals surface area contributed by atoms with E-state index in [1.54, 1.807) is 0 Å². The van der Waals surface area contributed by atoms with E-state index in [1.807, 2.05) is 0 Å². The Kier molecular flexibility index (Phi) is 3.15. The molecule has 2 heteroatoms. The summed E-state index contributed by atoms with van der Waals surface area (Å²) in [7, 11) is 0. The first-order valence-electron chi connectivity index (χ1n) is 2.47. The molecule has 0 aromatic rings. The monoisotopic (exact) mass is 214 g/mol. The van der Waals surface area contributed by atoms with Gasteiger partial charge in [0.1, 0.15) is 0 Å². The molecule has 0 amide bonds. The number of hydrogen-bond donors (Lipinski definition) is 1. The van der Waals surface area contributed by atoms with E-state index in [1.165, 1.54) is 6.42 Å². The third-order valence-electron chi connectivity index (χ3n) is 1.14. The predicted octanol–water partition coefficient (Wildman–Crippen LogP) is -1.86. The van der Waals surface area contributed by atoms with Gasteiger partial charge in [0.25, 0.3) is 0 Å². The Labute approximate surface area is 56.3 Å². The molecule has 0 aliphatic carbocycles. The first-order valence-corrected chi connectivity index (χ1v) is 4.79. The van der Waals surface area contributed by atoms with Crippen molar-refractivity contribution < 1.29 is 21.5 Å². The van der Waals surface area contributed by atoms with Crippen molar-refractivity contribution >= 4 is 0 Å². The van der Waals surface area contributed by atoms with Crippen LogP contribution in [0, 0.1) is 0 Å². The average molecular weight is 214 g/mol. The molecule has 0 aromatic carbocycles. The molecule has 46 valence electrons. The van der Waals surface area contributed by atoms with Crippen LogP contribution in [0.3, 0.4) is 0 Å². The summed E-state index contributed by atoms with van der Waals surface area (Å²) in [5, 5.41) is 0. The zero-order valence-electron chi connectivity index (χ0n) is 5.16. The van der Waals surface area contributed by atoms with Crippen LogP contribution in [0.25, 0.3) is 0 Å². The Hall–Kier alpha value is 0.690. The zero-order chi connectivity index (χ0) is 5.91. The molecule has 0 atom stereocenters. The summed E-state index contributed by atoms with van der Waals surface area (Å²) in [6.07, 6.45) is 1.22. The minimum atomic E-state index is -0.0390. The van der Waals surface area contributed by atoms with Crippen LogP contribution >= 0.6 is 0 Å². The summed E-state index contributed by atoms with van der Waals surface area (Å²) in [4.78, 5) is 0. The van der Waals surface area contributed by atoms with Crippen LogP contribution in [0.2, 0.25) is 0 Å². The molecule has 0 rings (SSSR count). The zero-order valence-corrected chi connectivity index (χ0v) is 7.32. The fourth-order valence-electron chi connectivity index (χ4n) is 0.0772. The molecule has 7 heavy (non-hydrogen) atoms. The van der Waals surface area contributed by atoms with E-state index in [4.69, 9.17) is 3.95 Å². The van der Waals surface area contributed by atoms with Crippen LogP contribution < -0.4 is 25.4 Å². The van der Waals surface area contributed by atoms with Gasteiger partial charge in [-0.25, -0.2) is 0 Å². The summed E-state index contributed by atoms with van der Waals surface area (Å²) in [6, 6.07) is 0. The number of nitrogens with two attached hydrogens (primary N) is 1. The summed E-state index contributed by atoms with van der Waals surface area (Å²) in [5.41, 5.74) is 0. The Morgan fingerprint density at radius 3 is 2.00 bits per heavy atom. The Morgan fingerprint density at radius 1 is 1.57 bits per heavy atom. The SMILES string of the molecule is CCC(C)(C)[I-]N. The van der Waals surface area contributed by atoms with Crippen molar-refractivity contribution in [3.63, 3.8) is 0 Å². The molecule has 0 aliphatic heterocycles. The van der Waals surface area contributed by atoms with E-state index in [2.05, 4.69) is 20.8 Å². The molecule has 0 bridgehead atoms. The van der Waals surface area contributed by atoms with Gasteiger partial charge in [-0.05, 0) is 0 Å². The molecule has 2 N–H and O–H groups in total. The van der Waals surface area contributed by atoms with Crippen LogP contribution in [0.1, 0.15) is 27.2 Å². The van der Waals surface area contributed by atoms with Crippen molar-refractivity contribution in [1.82, 2.24) is 0 Å². The van der Waals surface area contributed by atoms with Crippen LogP contribution in [0.15, 0.2) is 0 Å². The van der Waals surface area contributed by atoms with Crippen molar-refractivity contribution in [3.8, 4) is 0 Å². The van der Waals surface area contributed by atoms with Gasteiger partial charge in [-0.2, -0.15) is 0 Å². The number of rotatable bonds is 2. The first kappa shape index (κ1) is 7.69. The van der Waals surface area contributed by atoms with Gasteiger partial charge in [0, 0.05) is 0 Å². The Balaban J connectivity index is 3.36. The molecule has 0 fully saturated rings. The molecule has 0 unspecified atom stereocenters. The first-order chi connectivity index (χ1) is 3.12. The van der Waals surface area contributed by atoms with E-state index < -0.39 is 0 Å². The molecule has 0 aromatic heterocycles. The predicted molar refractivity (Wildman–Crippen MR) is 28.6 cm³/mol. The summed E-state index contributed by atoms with van der Waals surface area (Å²) < 4.78 is 6.00. The Morgan fingerprint density at radius 2 is 2.00 bits per heavy atom. The van der Waals surface area contributed by atoms with E-state index >= 15 is 0 Å². The number of halogens is 1. The van der Waals surface area contributed by atoms with Crippen LogP contribution in [0.4, 0.5) is 0 Å². The van der Waals surface area contributed by atoms with E-state index in [0.29, 0.717) is 3.42 Å². The molecular formula is C5H13IN-. The van der Waals surface area contributed by atoms with Gasteiger partial charge >= 0.3 is 56.0 Å². The van der Waals surface area contributed by atoms with Crippen molar-refractivity contribution in [2.45, 2.75) is 30.6 Å². The molecule has 0 saturated carbocycles. The normalized spacial score (nSPS) is 12.6. The summed E-state index contributed by atoms with van der Waals surface area (Å²) >= 11 is -0.0390. The van der Waals surface area contributed by atoms with Crippen molar-refractivity contribution in [1.29, 1.82) is 0 Å². The van der Waals surface area contributed by atoms with Gasteiger partial charge < -0.3 is 0 Å². The third-order valence-corrected chi connectivity index (χ3v) is 3.58. The Bertz CT molecular complexity index is 46.0. The van der Waals surface area contributed by atoms with Gasteiger partial charge in [-0.1, -0.05) is 0 Å². The van der Waals surface area contributed by atoms with E-state index in [9.17, 15) is 0 Å². The van der Waals surface area contributed by atoms with Crippen molar-refractivity contribution in [3.05, 3.63) is 0 Å². The van der Waals surface area contributed by atoms with Crippen LogP contribution in [-0.4, -0.2) is 3.42 Å². The van der Waals surface area contributed by atoms with Gasteiger partial charge in [0.05, 0.1) is 0 Å². The quantitative estimate of drug-likeness (QED) is 0.325. The second kappa shape index (κ2) is 2.87. The molecule has 0 aliphatic rings. The van der Waals surface area contributed by atoms with E-state index in [-0.39, 0.29) is 21.5 Å². The standard InChI is InChI=1S/C5H13IN/c1-4-5(2,3)6-7/h4,7H2,1-3H3/q-1. The summed E-state index contributed by atoms with van der Waals surface area (Å²) in [5.74, 6) is 0.